The van der Waals surface area contributed by atoms with Crippen molar-refractivity contribution in [2.45, 2.75) is 51.8 Å². The van der Waals surface area contributed by atoms with Crippen LogP contribution in [0.25, 0.3) is 0 Å². The molecule has 2 heteroatoms. The molecule has 2 atom stereocenters. The Bertz CT molecular complexity index is 386. The number of rotatable bonds is 3. The van der Waals surface area contributed by atoms with Crippen molar-refractivity contribution < 1.29 is 0 Å². The van der Waals surface area contributed by atoms with Crippen molar-refractivity contribution in [3.05, 3.63) is 29.6 Å². The highest BCUT2D eigenvalue weighted by Gasteiger charge is 2.38. The van der Waals surface area contributed by atoms with Gasteiger partial charge in [-0.3, -0.25) is 4.98 Å². The summed E-state index contributed by atoms with van der Waals surface area (Å²) in [5.74, 6) is 0.630. The van der Waals surface area contributed by atoms with Gasteiger partial charge in [0.1, 0.15) is 0 Å². The van der Waals surface area contributed by atoms with Gasteiger partial charge in [0.2, 0.25) is 0 Å². The van der Waals surface area contributed by atoms with Gasteiger partial charge in [-0.1, -0.05) is 26.3 Å². The quantitative estimate of drug-likeness (QED) is 0.727. The van der Waals surface area contributed by atoms with Crippen molar-refractivity contribution in [1.29, 1.82) is 0 Å². The van der Waals surface area contributed by atoms with Gasteiger partial charge in [0.05, 0.1) is 0 Å². The van der Waals surface area contributed by atoms with Gasteiger partial charge < -0.3 is 0 Å². The van der Waals surface area contributed by atoms with Crippen LogP contribution in [0.2, 0.25) is 0 Å². The van der Waals surface area contributed by atoms with E-state index in [0.29, 0.717) is 11.3 Å². The van der Waals surface area contributed by atoms with Gasteiger partial charge in [-0.15, -0.1) is 11.6 Å². The molecule has 0 N–H and O–H groups in total. The van der Waals surface area contributed by atoms with E-state index in [0.717, 1.165) is 12.1 Å². The monoisotopic (exact) mass is 251 g/mol. The first-order valence-corrected chi connectivity index (χ1v) is 6.99. The van der Waals surface area contributed by atoms with Crippen molar-refractivity contribution >= 4 is 11.6 Å². The average molecular weight is 252 g/mol. The van der Waals surface area contributed by atoms with Crippen LogP contribution < -0.4 is 0 Å². The number of pyridine rings is 1. The molecular formula is C15H22ClN. The summed E-state index contributed by atoms with van der Waals surface area (Å²) in [4.78, 5) is 4.45. The lowest BCUT2D eigenvalue weighted by atomic mass is 9.78. The number of hydrogen-bond acceptors (Lipinski definition) is 1. The largest absolute Gasteiger partial charge is 0.261 e. The van der Waals surface area contributed by atoms with Crippen molar-refractivity contribution in [3.63, 3.8) is 0 Å². The Hall–Kier alpha value is -0.560. The zero-order valence-corrected chi connectivity index (χ0v) is 11.8. The summed E-state index contributed by atoms with van der Waals surface area (Å²) in [6.07, 6.45) is 6.67. The molecule has 1 aliphatic carbocycles. The molecule has 0 radical (unpaired) electrons. The van der Waals surface area contributed by atoms with Crippen molar-refractivity contribution in [2.24, 2.45) is 11.3 Å². The molecule has 0 bridgehead atoms. The normalized spacial score (nSPS) is 24.8. The number of aryl methyl sites for hydroxylation is 1. The van der Waals surface area contributed by atoms with E-state index in [1.165, 1.54) is 24.8 Å². The first-order chi connectivity index (χ1) is 8.00. The predicted octanol–water partition coefficient (Wildman–Crippen LogP) is 4.37. The van der Waals surface area contributed by atoms with E-state index < -0.39 is 0 Å². The molecule has 17 heavy (non-hydrogen) atoms. The summed E-state index contributed by atoms with van der Waals surface area (Å²) >= 11 is 6.64. The van der Waals surface area contributed by atoms with Gasteiger partial charge in [-0.05, 0) is 42.7 Å². The van der Waals surface area contributed by atoms with E-state index in [-0.39, 0.29) is 5.38 Å². The molecular weight excluding hydrogens is 230 g/mol. The SMILES string of the molecule is Cc1cccnc1CC(Cl)C1CCCC1(C)C. The first-order valence-electron chi connectivity index (χ1n) is 6.55. The van der Waals surface area contributed by atoms with Crippen LogP contribution >= 0.6 is 11.6 Å². The molecule has 0 spiro atoms. The number of aromatic nitrogens is 1. The van der Waals surface area contributed by atoms with Crippen molar-refractivity contribution in [2.75, 3.05) is 0 Å². The summed E-state index contributed by atoms with van der Waals surface area (Å²) in [5, 5.41) is 0.223. The molecule has 0 amide bonds. The third kappa shape index (κ3) is 2.82. The smallest absolute Gasteiger partial charge is 0.0447 e. The van der Waals surface area contributed by atoms with Gasteiger partial charge in [0.15, 0.2) is 0 Å². The van der Waals surface area contributed by atoms with Crippen molar-refractivity contribution in [1.82, 2.24) is 4.98 Å². The van der Waals surface area contributed by atoms with E-state index in [1.54, 1.807) is 0 Å². The van der Waals surface area contributed by atoms with Crippen LogP contribution in [0.15, 0.2) is 18.3 Å². The molecule has 2 rings (SSSR count). The maximum Gasteiger partial charge on any atom is 0.0447 e. The third-order valence-corrected chi connectivity index (χ3v) is 4.74. The molecule has 94 valence electrons. The van der Waals surface area contributed by atoms with Crippen LogP contribution in [0.3, 0.4) is 0 Å². The Balaban J connectivity index is 2.07. The topological polar surface area (TPSA) is 12.9 Å². The number of nitrogens with zero attached hydrogens (tertiary/aromatic N) is 1. The minimum atomic E-state index is 0.223. The van der Waals surface area contributed by atoms with Crippen LogP contribution in [0, 0.1) is 18.3 Å². The van der Waals surface area contributed by atoms with Gasteiger partial charge in [0, 0.05) is 23.7 Å². The first kappa shape index (κ1) is 12.9. The van der Waals surface area contributed by atoms with Crippen LogP contribution in [-0.2, 0) is 6.42 Å². The molecule has 0 aliphatic heterocycles. The summed E-state index contributed by atoms with van der Waals surface area (Å²) in [7, 11) is 0. The van der Waals surface area contributed by atoms with Gasteiger partial charge in [-0.25, -0.2) is 0 Å². The highest BCUT2D eigenvalue weighted by Crippen LogP contribution is 2.46. The summed E-state index contributed by atoms with van der Waals surface area (Å²) < 4.78 is 0. The number of alkyl halides is 1. The lowest BCUT2D eigenvalue weighted by Gasteiger charge is -2.30. The molecule has 1 heterocycles. The Labute approximate surface area is 110 Å². The van der Waals surface area contributed by atoms with E-state index in [2.05, 4.69) is 31.8 Å². The lowest BCUT2D eigenvalue weighted by Crippen LogP contribution is -2.28. The third-order valence-electron chi connectivity index (χ3n) is 4.28. The van der Waals surface area contributed by atoms with Crippen LogP contribution in [-0.4, -0.2) is 10.4 Å². The zero-order chi connectivity index (χ0) is 12.5. The molecule has 1 aromatic heterocycles. The molecule has 1 saturated carbocycles. The second-order valence-corrected chi connectivity index (χ2v) is 6.53. The molecule has 1 fully saturated rings. The van der Waals surface area contributed by atoms with E-state index in [9.17, 15) is 0 Å². The molecule has 1 aromatic rings. The Morgan fingerprint density at radius 3 is 2.88 bits per heavy atom. The fraction of sp³-hybridized carbons (Fsp3) is 0.667. The van der Waals surface area contributed by atoms with Crippen LogP contribution in [0.5, 0.6) is 0 Å². The Kier molecular flexibility index (Phi) is 3.77. The molecule has 0 aromatic carbocycles. The summed E-state index contributed by atoms with van der Waals surface area (Å²) in [6.45, 7) is 6.82. The molecule has 0 saturated heterocycles. The van der Waals surface area contributed by atoms with Gasteiger partial charge >= 0.3 is 0 Å². The molecule has 2 unspecified atom stereocenters. The van der Waals surface area contributed by atoms with E-state index in [4.69, 9.17) is 11.6 Å². The maximum absolute atomic E-state index is 6.64. The Morgan fingerprint density at radius 1 is 1.53 bits per heavy atom. The maximum atomic E-state index is 6.64. The molecule has 1 aliphatic rings. The Morgan fingerprint density at radius 2 is 2.29 bits per heavy atom. The number of hydrogen-bond donors (Lipinski definition) is 0. The zero-order valence-electron chi connectivity index (χ0n) is 11.0. The minimum absolute atomic E-state index is 0.223. The number of halogens is 1. The summed E-state index contributed by atoms with van der Waals surface area (Å²) in [5.41, 5.74) is 2.82. The standard InChI is InChI=1S/C15H22ClN/c1-11-6-5-9-17-14(11)10-13(16)12-7-4-8-15(12,2)3/h5-6,9,12-13H,4,7-8,10H2,1-3H3. The highest BCUT2D eigenvalue weighted by atomic mass is 35.5. The summed E-state index contributed by atoms with van der Waals surface area (Å²) in [6, 6.07) is 4.10. The van der Waals surface area contributed by atoms with Crippen LogP contribution in [0.1, 0.15) is 44.4 Å². The van der Waals surface area contributed by atoms with Gasteiger partial charge in [-0.2, -0.15) is 0 Å². The second-order valence-electron chi connectivity index (χ2n) is 5.97. The molecule has 1 nitrogen and oxygen atoms in total. The second kappa shape index (κ2) is 4.97. The van der Waals surface area contributed by atoms with Crippen molar-refractivity contribution in [3.8, 4) is 0 Å². The van der Waals surface area contributed by atoms with E-state index >= 15 is 0 Å². The fourth-order valence-electron chi connectivity index (χ4n) is 3.08. The van der Waals surface area contributed by atoms with E-state index in [1.807, 2.05) is 12.3 Å². The highest BCUT2D eigenvalue weighted by molar-refractivity contribution is 6.21. The lowest BCUT2D eigenvalue weighted by molar-refractivity contribution is 0.249. The van der Waals surface area contributed by atoms with Crippen LogP contribution in [0.4, 0.5) is 0 Å². The average Bonchev–Trinajstić information content (AvgIpc) is 2.61. The minimum Gasteiger partial charge on any atom is -0.261 e. The fourth-order valence-corrected chi connectivity index (χ4v) is 3.70. The predicted molar refractivity (Wildman–Crippen MR) is 73.4 cm³/mol. The van der Waals surface area contributed by atoms with Gasteiger partial charge in [0.25, 0.3) is 0 Å².